The van der Waals surface area contributed by atoms with Crippen LogP contribution < -0.4 is 5.32 Å². The van der Waals surface area contributed by atoms with Crippen molar-refractivity contribution in [3.63, 3.8) is 0 Å². The van der Waals surface area contributed by atoms with E-state index in [-0.39, 0.29) is 5.91 Å². The van der Waals surface area contributed by atoms with Gasteiger partial charge < -0.3 is 10.4 Å². The van der Waals surface area contributed by atoms with Crippen LogP contribution in [-0.4, -0.2) is 17.0 Å². The van der Waals surface area contributed by atoms with E-state index in [1.54, 1.807) is 6.07 Å². The van der Waals surface area contributed by atoms with Crippen molar-refractivity contribution < 1.29 is 14.7 Å². The molecule has 0 radical (unpaired) electrons. The predicted molar refractivity (Wildman–Crippen MR) is 120 cm³/mol. The van der Waals surface area contributed by atoms with Crippen LogP contribution in [0, 0.1) is 12.3 Å². The van der Waals surface area contributed by atoms with Gasteiger partial charge in [0.2, 0.25) is 5.91 Å². The molecule has 5 heteroatoms. The van der Waals surface area contributed by atoms with Crippen LogP contribution in [0.15, 0.2) is 53.0 Å². The van der Waals surface area contributed by atoms with E-state index in [1.165, 1.54) is 23.6 Å². The van der Waals surface area contributed by atoms with Gasteiger partial charge in [-0.3, -0.25) is 4.79 Å². The molecule has 0 heterocycles. The summed E-state index contributed by atoms with van der Waals surface area (Å²) in [5.41, 5.74) is 3.43. The molecule has 1 aliphatic carbocycles. The van der Waals surface area contributed by atoms with Gasteiger partial charge in [-0.1, -0.05) is 53.4 Å². The molecule has 2 aromatic carbocycles. The molecule has 1 saturated carbocycles. The third-order valence-corrected chi connectivity index (χ3v) is 6.18. The Morgan fingerprint density at radius 2 is 1.90 bits per heavy atom. The average molecular weight is 456 g/mol. The van der Waals surface area contributed by atoms with Crippen LogP contribution in [0.5, 0.6) is 0 Å². The van der Waals surface area contributed by atoms with Gasteiger partial charge in [-0.2, -0.15) is 0 Å². The van der Waals surface area contributed by atoms with Crippen molar-refractivity contribution in [2.24, 2.45) is 5.41 Å². The molecule has 29 heavy (non-hydrogen) atoms. The van der Waals surface area contributed by atoms with Crippen LogP contribution in [0.1, 0.15) is 48.8 Å². The number of rotatable bonds is 6. The largest absolute Gasteiger partial charge is 0.478 e. The first-order valence-electron chi connectivity index (χ1n) is 9.96. The van der Waals surface area contributed by atoms with Crippen molar-refractivity contribution in [2.75, 3.05) is 5.32 Å². The minimum atomic E-state index is -0.995. The summed E-state index contributed by atoms with van der Waals surface area (Å²) in [7, 11) is 0. The fraction of sp³-hybridized carbons (Fsp3) is 0.333. The predicted octanol–water partition coefficient (Wildman–Crippen LogP) is 5.99. The van der Waals surface area contributed by atoms with Gasteiger partial charge in [-0.25, -0.2) is 4.79 Å². The molecule has 152 valence electrons. The van der Waals surface area contributed by atoms with Crippen LogP contribution >= 0.6 is 15.9 Å². The topological polar surface area (TPSA) is 66.4 Å². The second-order valence-corrected chi connectivity index (χ2v) is 8.76. The molecule has 1 amide bonds. The highest BCUT2D eigenvalue weighted by Crippen LogP contribution is 2.41. The molecule has 0 spiro atoms. The van der Waals surface area contributed by atoms with E-state index in [2.05, 4.69) is 40.3 Å². The van der Waals surface area contributed by atoms with Crippen molar-refractivity contribution in [3.05, 3.63) is 69.7 Å². The summed E-state index contributed by atoms with van der Waals surface area (Å²) in [4.78, 5) is 24.2. The molecular formula is C24H26BrNO3. The number of nitrogens with one attached hydrogen (secondary N) is 1. The highest BCUT2D eigenvalue weighted by molar-refractivity contribution is 9.10. The van der Waals surface area contributed by atoms with E-state index >= 15 is 0 Å². The molecular weight excluding hydrogens is 430 g/mol. The van der Waals surface area contributed by atoms with Gasteiger partial charge in [-0.05, 0) is 73.2 Å². The summed E-state index contributed by atoms with van der Waals surface area (Å²) in [6.45, 7) is 2.09. The highest BCUT2D eigenvalue weighted by atomic mass is 79.9. The lowest BCUT2D eigenvalue weighted by molar-refractivity contribution is -0.131. The van der Waals surface area contributed by atoms with Crippen molar-refractivity contribution in [2.45, 2.75) is 45.4 Å². The maximum Gasteiger partial charge on any atom is 0.328 e. The standard InChI is InChI=1S/C24H26BrNO3/c1-17-14-20(25)10-9-19(17)16-24(12-3-2-4-13-24)23(29)26-21-7-5-6-18(15-21)8-11-22(27)28/h5-11,14-15H,2-4,12-13,16H2,1H3,(H,26,29)(H,27,28)/b11-8+. The third-order valence-electron chi connectivity index (χ3n) is 5.69. The normalized spacial score (nSPS) is 15.9. The second-order valence-electron chi connectivity index (χ2n) is 7.84. The third kappa shape index (κ3) is 5.57. The average Bonchev–Trinajstić information content (AvgIpc) is 2.69. The lowest BCUT2D eigenvalue weighted by Crippen LogP contribution is -2.40. The second kappa shape index (κ2) is 9.40. The lowest BCUT2D eigenvalue weighted by Gasteiger charge is -2.36. The molecule has 3 rings (SSSR count). The molecule has 0 saturated heterocycles. The van der Waals surface area contributed by atoms with Gasteiger partial charge in [0.1, 0.15) is 0 Å². The number of benzene rings is 2. The van der Waals surface area contributed by atoms with E-state index in [1.807, 2.05) is 24.3 Å². The molecule has 1 aliphatic rings. The zero-order chi connectivity index (χ0) is 20.9. The van der Waals surface area contributed by atoms with Crippen LogP contribution in [-0.2, 0) is 16.0 Å². The van der Waals surface area contributed by atoms with Gasteiger partial charge in [0.25, 0.3) is 0 Å². The number of aryl methyl sites for hydroxylation is 1. The number of hydrogen-bond donors (Lipinski definition) is 2. The fourth-order valence-electron chi connectivity index (χ4n) is 4.09. The molecule has 0 atom stereocenters. The highest BCUT2D eigenvalue weighted by Gasteiger charge is 2.39. The van der Waals surface area contributed by atoms with E-state index in [0.717, 1.165) is 48.2 Å². The zero-order valence-corrected chi connectivity index (χ0v) is 18.2. The lowest BCUT2D eigenvalue weighted by atomic mass is 9.69. The van der Waals surface area contributed by atoms with Crippen molar-refractivity contribution in [3.8, 4) is 0 Å². The van der Waals surface area contributed by atoms with Crippen LogP contribution in [0.2, 0.25) is 0 Å². The first-order valence-corrected chi connectivity index (χ1v) is 10.7. The number of carboxylic acid groups (broad SMARTS) is 1. The van der Waals surface area contributed by atoms with Gasteiger partial charge in [0.05, 0.1) is 5.41 Å². The molecule has 0 unspecified atom stereocenters. The Hall–Kier alpha value is -2.40. The number of carbonyl (C=O) groups is 2. The number of halogens is 1. The Morgan fingerprint density at radius 1 is 1.14 bits per heavy atom. The Morgan fingerprint density at radius 3 is 2.59 bits per heavy atom. The summed E-state index contributed by atoms with van der Waals surface area (Å²) in [6, 6.07) is 13.5. The zero-order valence-electron chi connectivity index (χ0n) is 16.6. The summed E-state index contributed by atoms with van der Waals surface area (Å²) in [5, 5.41) is 11.9. The van der Waals surface area contributed by atoms with Crippen LogP contribution in [0.3, 0.4) is 0 Å². The van der Waals surface area contributed by atoms with Gasteiger partial charge in [0, 0.05) is 16.2 Å². The molecule has 1 fully saturated rings. The summed E-state index contributed by atoms with van der Waals surface area (Å²) in [6.07, 6.45) is 8.41. The minimum absolute atomic E-state index is 0.0545. The molecule has 2 N–H and O–H groups in total. The Labute approximate surface area is 180 Å². The van der Waals surface area contributed by atoms with E-state index in [9.17, 15) is 9.59 Å². The number of hydrogen-bond acceptors (Lipinski definition) is 2. The van der Waals surface area contributed by atoms with Crippen molar-refractivity contribution >= 4 is 39.6 Å². The smallest absolute Gasteiger partial charge is 0.328 e. The van der Waals surface area contributed by atoms with Crippen LogP contribution in [0.25, 0.3) is 6.08 Å². The van der Waals surface area contributed by atoms with Crippen molar-refractivity contribution in [1.82, 2.24) is 0 Å². The Kier molecular flexibility index (Phi) is 6.91. The summed E-state index contributed by atoms with van der Waals surface area (Å²) < 4.78 is 1.05. The van der Waals surface area contributed by atoms with Gasteiger partial charge in [0.15, 0.2) is 0 Å². The minimum Gasteiger partial charge on any atom is -0.478 e. The quantitative estimate of drug-likeness (QED) is 0.525. The first-order chi connectivity index (χ1) is 13.9. The summed E-state index contributed by atoms with van der Waals surface area (Å²) in [5.74, 6) is -0.940. The molecule has 2 aromatic rings. The number of amides is 1. The molecule has 4 nitrogen and oxygen atoms in total. The van der Waals surface area contributed by atoms with E-state index in [0.29, 0.717) is 5.69 Å². The van der Waals surface area contributed by atoms with Gasteiger partial charge >= 0.3 is 5.97 Å². The first kappa shape index (κ1) is 21.3. The maximum atomic E-state index is 13.4. The Balaban J connectivity index is 1.83. The summed E-state index contributed by atoms with van der Waals surface area (Å²) >= 11 is 3.51. The SMILES string of the molecule is Cc1cc(Br)ccc1CC1(C(=O)Nc2cccc(/C=C/C(=O)O)c2)CCCCC1. The number of aliphatic carboxylic acids is 1. The molecule has 0 aromatic heterocycles. The maximum absolute atomic E-state index is 13.4. The molecule has 0 aliphatic heterocycles. The molecule has 0 bridgehead atoms. The van der Waals surface area contributed by atoms with Crippen molar-refractivity contribution in [1.29, 1.82) is 0 Å². The number of anilines is 1. The van der Waals surface area contributed by atoms with E-state index in [4.69, 9.17) is 5.11 Å². The Bertz CT molecular complexity index is 929. The monoisotopic (exact) mass is 455 g/mol. The fourth-order valence-corrected chi connectivity index (χ4v) is 4.56. The van der Waals surface area contributed by atoms with Gasteiger partial charge in [-0.15, -0.1) is 0 Å². The number of carbonyl (C=O) groups excluding carboxylic acids is 1. The number of carboxylic acids is 1. The van der Waals surface area contributed by atoms with E-state index < -0.39 is 11.4 Å². The van der Waals surface area contributed by atoms with Crippen LogP contribution in [0.4, 0.5) is 5.69 Å².